The van der Waals surface area contributed by atoms with Crippen LogP contribution in [-0.2, 0) is 11.2 Å². The summed E-state index contributed by atoms with van der Waals surface area (Å²) in [4.78, 5) is 16.1. The third-order valence-corrected chi connectivity index (χ3v) is 4.86. The van der Waals surface area contributed by atoms with Crippen molar-refractivity contribution >= 4 is 23.2 Å². The van der Waals surface area contributed by atoms with Gasteiger partial charge in [0.2, 0.25) is 0 Å². The third-order valence-electron chi connectivity index (χ3n) is 3.46. The maximum absolute atomic E-state index is 11.6. The Morgan fingerprint density at radius 2 is 2.47 bits per heavy atom. The van der Waals surface area contributed by atoms with Crippen molar-refractivity contribution in [1.82, 2.24) is 9.38 Å². The second-order valence-electron chi connectivity index (χ2n) is 4.72. The van der Waals surface area contributed by atoms with Crippen LogP contribution in [0, 0.1) is 0 Å². The van der Waals surface area contributed by atoms with Gasteiger partial charge >= 0.3 is 5.97 Å². The SMILES string of the molecule is COC(=O)c1ccc2cnc(CC3CCCS3)n2c1. The molecule has 0 saturated carbocycles. The maximum atomic E-state index is 11.6. The molecule has 2 aromatic rings. The lowest BCUT2D eigenvalue weighted by atomic mass is 10.2. The van der Waals surface area contributed by atoms with E-state index in [0.717, 1.165) is 17.8 Å². The van der Waals surface area contributed by atoms with Gasteiger partial charge in [0, 0.05) is 17.9 Å². The van der Waals surface area contributed by atoms with Crippen molar-refractivity contribution in [2.75, 3.05) is 12.9 Å². The Morgan fingerprint density at radius 3 is 3.21 bits per heavy atom. The van der Waals surface area contributed by atoms with Crippen LogP contribution < -0.4 is 0 Å². The van der Waals surface area contributed by atoms with Crippen LogP contribution in [-0.4, -0.2) is 33.5 Å². The first-order valence-electron chi connectivity index (χ1n) is 6.44. The number of fused-ring (bicyclic) bond motifs is 1. The second-order valence-corrected chi connectivity index (χ2v) is 6.13. The van der Waals surface area contributed by atoms with Gasteiger partial charge in [0.1, 0.15) is 5.82 Å². The molecule has 1 atom stereocenters. The van der Waals surface area contributed by atoms with E-state index >= 15 is 0 Å². The molecule has 0 N–H and O–H groups in total. The van der Waals surface area contributed by atoms with Crippen LogP contribution in [0.1, 0.15) is 29.0 Å². The number of carbonyl (C=O) groups excluding carboxylic acids is 1. The van der Waals surface area contributed by atoms with Crippen LogP contribution >= 0.6 is 11.8 Å². The molecule has 5 heteroatoms. The molecule has 0 bridgehead atoms. The summed E-state index contributed by atoms with van der Waals surface area (Å²) in [6.07, 6.45) is 7.20. The molecule has 3 heterocycles. The number of pyridine rings is 1. The van der Waals surface area contributed by atoms with Gasteiger partial charge in [-0.2, -0.15) is 11.8 Å². The molecule has 0 spiro atoms. The number of carbonyl (C=O) groups is 1. The minimum Gasteiger partial charge on any atom is -0.465 e. The van der Waals surface area contributed by atoms with Crippen molar-refractivity contribution in [1.29, 1.82) is 0 Å². The second kappa shape index (κ2) is 5.25. The van der Waals surface area contributed by atoms with Crippen molar-refractivity contribution in [3.05, 3.63) is 35.9 Å². The Bertz CT molecular complexity index is 603. The van der Waals surface area contributed by atoms with Gasteiger partial charge in [0.25, 0.3) is 0 Å². The number of hydrogen-bond donors (Lipinski definition) is 0. The molecule has 1 unspecified atom stereocenters. The fourth-order valence-electron chi connectivity index (χ4n) is 2.44. The number of imidazole rings is 1. The number of nitrogens with zero attached hydrogens (tertiary/aromatic N) is 2. The van der Waals surface area contributed by atoms with Crippen LogP contribution in [0.3, 0.4) is 0 Å². The zero-order valence-corrected chi connectivity index (χ0v) is 11.7. The molecule has 1 aliphatic rings. The van der Waals surface area contributed by atoms with Crippen molar-refractivity contribution in [2.45, 2.75) is 24.5 Å². The molecule has 100 valence electrons. The van der Waals surface area contributed by atoms with Gasteiger partial charge in [0.15, 0.2) is 0 Å². The van der Waals surface area contributed by atoms with Gasteiger partial charge < -0.3 is 9.14 Å². The molecular formula is C14H16N2O2S. The van der Waals surface area contributed by atoms with Crippen molar-refractivity contribution in [2.24, 2.45) is 0 Å². The topological polar surface area (TPSA) is 43.6 Å². The predicted octanol–water partition coefficient (Wildman–Crippen LogP) is 2.56. The predicted molar refractivity (Wildman–Crippen MR) is 75.7 cm³/mol. The Labute approximate surface area is 116 Å². The quantitative estimate of drug-likeness (QED) is 0.808. The molecule has 0 amide bonds. The molecular weight excluding hydrogens is 260 g/mol. The fourth-order valence-corrected chi connectivity index (χ4v) is 3.71. The highest BCUT2D eigenvalue weighted by atomic mass is 32.2. The van der Waals surface area contributed by atoms with Crippen LogP contribution in [0.15, 0.2) is 24.5 Å². The first-order chi connectivity index (χ1) is 9.28. The number of methoxy groups -OCH3 is 1. The Kier molecular flexibility index (Phi) is 3.46. The fraction of sp³-hybridized carbons (Fsp3) is 0.429. The van der Waals surface area contributed by atoms with Crippen LogP contribution in [0.2, 0.25) is 0 Å². The average molecular weight is 276 g/mol. The highest BCUT2D eigenvalue weighted by Crippen LogP contribution is 2.28. The minimum atomic E-state index is -0.309. The summed E-state index contributed by atoms with van der Waals surface area (Å²) >= 11 is 2.02. The van der Waals surface area contributed by atoms with E-state index in [0.29, 0.717) is 10.8 Å². The molecule has 0 radical (unpaired) electrons. The minimum absolute atomic E-state index is 0.309. The summed E-state index contributed by atoms with van der Waals surface area (Å²) in [7, 11) is 1.40. The van der Waals surface area contributed by atoms with Gasteiger partial charge in [-0.05, 0) is 30.7 Å². The number of hydrogen-bond acceptors (Lipinski definition) is 4. The lowest BCUT2D eigenvalue weighted by molar-refractivity contribution is 0.0600. The molecule has 2 aromatic heterocycles. The molecule has 19 heavy (non-hydrogen) atoms. The first kappa shape index (κ1) is 12.5. The van der Waals surface area contributed by atoms with E-state index in [2.05, 4.69) is 4.98 Å². The van der Waals surface area contributed by atoms with Crippen molar-refractivity contribution in [3.63, 3.8) is 0 Å². The lowest BCUT2D eigenvalue weighted by Gasteiger charge is -2.08. The van der Waals surface area contributed by atoms with Gasteiger partial charge in [-0.25, -0.2) is 9.78 Å². The zero-order valence-electron chi connectivity index (χ0n) is 10.8. The molecule has 0 aliphatic carbocycles. The van der Waals surface area contributed by atoms with E-state index < -0.39 is 0 Å². The summed E-state index contributed by atoms with van der Waals surface area (Å²) in [6, 6.07) is 3.68. The van der Waals surface area contributed by atoms with Crippen molar-refractivity contribution < 1.29 is 9.53 Å². The number of thioether (sulfide) groups is 1. The van der Waals surface area contributed by atoms with Gasteiger partial charge in [-0.1, -0.05) is 0 Å². The first-order valence-corrected chi connectivity index (χ1v) is 7.48. The molecule has 1 saturated heterocycles. The maximum Gasteiger partial charge on any atom is 0.339 e. The number of aromatic nitrogens is 2. The van der Waals surface area contributed by atoms with Crippen LogP contribution in [0.5, 0.6) is 0 Å². The summed E-state index contributed by atoms with van der Waals surface area (Å²) in [5.74, 6) is 1.97. The Hall–Kier alpha value is -1.49. The molecule has 1 aliphatic heterocycles. The zero-order chi connectivity index (χ0) is 13.2. The third kappa shape index (κ3) is 2.47. The number of ether oxygens (including phenoxy) is 1. The Morgan fingerprint density at radius 1 is 1.58 bits per heavy atom. The molecule has 1 fully saturated rings. The Balaban J connectivity index is 1.93. The summed E-state index contributed by atoms with van der Waals surface area (Å²) in [5.41, 5.74) is 1.58. The van der Waals surface area contributed by atoms with Crippen LogP contribution in [0.4, 0.5) is 0 Å². The highest BCUT2D eigenvalue weighted by molar-refractivity contribution is 8.00. The highest BCUT2D eigenvalue weighted by Gasteiger charge is 2.18. The van der Waals surface area contributed by atoms with E-state index in [1.165, 1.54) is 25.7 Å². The van der Waals surface area contributed by atoms with E-state index in [9.17, 15) is 4.79 Å². The molecule has 4 nitrogen and oxygen atoms in total. The van der Waals surface area contributed by atoms with E-state index in [1.807, 2.05) is 34.6 Å². The summed E-state index contributed by atoms with van der Waals surface area (Å²) < 4.78 is 6.76. The van der Waals surface area contributed by atoms with Gasteiger partial charge in [0.05, 0.1) is 24.4 Å². The standard InChI is InChI=1S/C14H16N2O2S/c1-18-14(17)10-4-5-11-8-15-13(16(11)9-10)7-12-3-2-6-19-12/h4-5,8-9,12H,2-3,6-7H2,1H3. The molecule has 3 rings (SSSR count). The largest absolute Gasteiger partial charge is 0.465 e. The lowest BCUT2D eigenvalue weighted by Crippen LogP contribution is -2.08. The molecule has 0 aromatic carbocycles. The number of esters is 1. The van der Waals surface area contributed by atoms with Crippen LogP contribution in [0.25, 0.3) is 5.52 Å². The number of rotatable bonds is 3. The van der Waals surface area contributed by atoms with Gasteiger partial charge in [-0.3, -0.25) is 0 Å². The normalized spacial score (nSPS) is 18.9. The van der Waals surface area contributed by atoms with Crippen molar-refractivity contribution in [3.8, 4) is 0 Å². The smallest absolute Gasteiger partial charge is 0.339 e. The van der Waals surface area contributed by atoms with E-state index in [-0.39, 0.29) is 5.97 Å². The average Bonchev–Trinajstić information content (AvgIpc) is 3.08. The van der Waals surface area contributed by atoms with E-state index in [4.69, 9.17) is 4.74 Å². The van der Waals surface area contributed by atoms with E-state index in [1.54, 1.807) is 6.07 Å². The monoisotopic (exact) mass is 276 g/mol. The summed E-state index contributed by atoms with van der Waals surface area (Å²) in [6.45, 7) is 0. The summed E-state index contributed by atoms with van der Waals surface area (Å²) in [5, 5.41) is 0.660. The van der Waals surface area contributed by atoms with Gasteiger partial charge in [-0.15, -0.1) is 0 Å².